The van der Waals surface area contributed by atoms with Crippen LogP contribution in [0.2, 0.25) is 0 Å². The summed E-state index contributed by atoms with van der Waals surface area (Å²) in [4.78, 5) is 8.49. The summed E-state index contributed by atoms with van der Waals surface area (Å²) in [5.41, 5.74) is 7.06. The van der Waals surface area contributed by atoms with Crippen LogP contribution in [0.15, 0.2) is 36.4 Å². The smallest absolute Gasteiger partial charge is 0.158 e. The van der Waals surface area contributed by atoms with Crippen LogP contribution in [0.5, 0.6) is 0 Å². The van der Waals surface area contributed by atoms with Crippen LogP contribution in [0.4, 0.5) is 11.6 Å². The fraction of sp³-hybridized carbons (Fsp3) is 0.333. The molecule has 1 heterocycles. The molecule has 3 N–H and O–H groups in total. The number of nitrogens with one attached hydrogen (secondary N) is 1. The van der Waals surface area contributed by atoms with E-state index in [1.807, 2.05) is 18.2 Å². The maximum Gasteiger partial charge on any atom is 0.158 e. The van der Waals surface area contributed by atoms with Gasteiger partial charge in [-0.15, -0.1) is 0 Å². The molecule has 2 rings (SSSR count). The zero-order chi connectivity index (χ0) is 14.4. The van der Waals surface area contributed by atoms with Crippen molar-refractivity contribution in [2.24, 2.45) is 0 Å². The molecule has 0 aliphatic carbocycles. The van der Waals surface area contributed by atoms with Gasteiger partial charge in [0.1, 0.15) is 18.2 Å². The van der Waals surface area contributed by atoms with Crippen LogP contribution >= 0.6 is 0 Å². The minimum atomic E-state index is 0.252. The van der Waals surface area contributed by atoms with Crippen LogP contribution in [0.3, 0.4) is 0 Å². The maximum atomic E-state index is 5.77. The number of aromatic nitrogens is 2. The summed E-state index contributed by atoms with van der Waals surface area (Å²) < 4.78 is 5.03. The molecular formula is C15H20N4O. The van der Waals surface area contributed by atoms with Gasteiger partial charge in [-0.2, -0.15) is 0 Å². The number of methoxy groups -OCH3 is 1. The van der Waals surface area contributed by atoms with E-state index in [9.17, 15) is 0 Å². The van der Waals surface area contributed by atoms with E-state index in [0.717, 1.165) is 12.2 Å². The third-order valence-corrected chi connectivity index (χ3v) is 2.84. The number of hydrogen-bond donors (Lipinski definition) is 2. The van der Waals surface area contributed by atoms with Gasteiger partial charge in [0, 0.05) is 19.2 Å². The summed E-state index contributed by atoms with van der Waals surface area (Å²) in [7, 11) is 1.61. The van der Waals surface area contributed by atoms with Crippen molar-refractivity contribution in [2.45, 2.75) is 26.0 Å². The van der Waals surface area contributed by atoms with Gasteiger partial charge in [-0.25, -0.2) is 9.97 Å². The van der Waals surface area contributed by atoms with Crippen molar-refractivity contribution in [3.8, 4) is 0 Å². The van der Waals surface area contributed by atoms with E-state index in [-0.39, 0.29) is 6.04 Å². The fourth-order valence-electron chi connectivity index (χ4n) is 2.06. The van der Waals surface area contributed by atoms with Crippen LogP contribution < -0.4 is 11.1 Å². The van der Waals surface area contributed by atoms with E-state index in [1.165, 1.54) is 5.56 Å². The van der Waals surface area contributed by atoms with Crippen LogP contribution in [0.1, 0.15) is 18.3 Å². The van der Waals surface area contributed by atoms with Crippen molar-refractivity contribution in [3.05, 3.63) is 47.8 Å². The first-order valence-corrected chi connectivity index (χ1v) is 6.60. The van der Waals surface area contributed by atoms with E-state index in [2.05, 4.69) is 34.3 Å². The molecule has 1 aromatic carbocycles. The molecular weight excluding hydrogens is 252 g/mol. The third-order valence-electron chi connectivity index (χ3n) is 2.84. The molecule has 0 aliphatic rings. The number of ether oxygens (including phenoxy) is 1. The molecule has 5 nitrogen and oxygen atoms in total. The Kier molecular flexibility index (Phi) is 4.90. The lowest BCUT2D eigenvalue weighted by molar-refractivity contribution is 0.178. The minimum absolute atomic E-state index is 0.252. The first-order chi connectivity index (χ1) is 9.67. The van der Waals surface area contributed by atoms with E-state index in [4.69, 9.17) is 10.5 Å². The van der Waals surface area contributed by atoms with Gasteiger partial charge in [-0.1, -0.05) is 30.3 Å². The molecule has 0 saturated carbocycles. The first kappa shape index (κ1) is 14.3. The topological polar surface area (TPSA) is 73.1 Å². The van der Waals surface area contributed by atoms with Gasteiger partial charge in [0.05, 0.1) is 0 Å². The highest BCUT2D eigenvalue weighted by atomic mass is 16.5. The Morgan fingerprint density at radius 3 is 2.70 bits per heavy atom. The summed E-state index contributed by atoms with van der Waals surface area (Å²) in [5, 5.41) is 3.34. The Balaban J connectivity index is 2.02. The quantitative estimate of drug-likeness (QED) is 0.843. The molecule has 0 bridgehead atoms. The van der Waals surface area contributed by atoms with Gasteiger partial charge >= 0.3 is 0 Å². The molecule has 0 saturated heterocycles. The summed E-state index contributed by atoms with van der Waals surface area (Å²) in [5.74, 6) is 1.76. The SMILES string of the molecule is COCc1nc(N)cc(NC(C)Cc2ccccc2)n1. The molecule has 1 aromatic heterocycles. The zero-order valence-corrected chi connectivity index (χ0v) is 11.8. The predicted octanol–water partition coefficient (Wildman–Crippen LogP) is 2.25. The highest BCUT2D eigenvalue weighted by Gasteiger charge is 2.07. The van der Waals surface area contributed by atoms with Crippen molar-refractivity contribution >= 4 is 11.6 Å². The number of benzene rings is 1. The number of nitrogens with two attached hydrogens (primary N) is 1. The lowest BCUT2D eigenvalue weighted by Gasteiger charge is -2.15. The van der Waals surface area contributed by atoms with Gasteiger partial charge in [-0.3, -0.25) is 0 Å². The summed E-state index contributed by atoms with van der Waals surface area (Å²) >= 11 is 0. The van der Waals surface area contributed by atoms with Crippen molar-refractivity contribution in [1.82, 2.24) is 9.97 Å². The normalized spacial score (nSPS) is 12.1. The summed E-state index contributed by atoms with van der Waals surface area (Å²) in [6.07, 6.45) is 0.921. The molecule has 2 aromatic rings. The van der Waals surface area contributed by atoms with E-state index >= 15 is 0 Å². The van der Waals surface area contributed by atoms with Crippen molar-refractivity contribution in [3.63, 3.8) is 0 Å². The minimum Gasteiger partial charge on any atom is -0.384 e. The van der Waals surface area contributed by atoms with E-state index in [0.29, 0.717) is 18.2 Å². The van der Waals surface area contributed by atoms with Gasteiger partial charge in [0.15, 0.2) is 5.82 Å². The molecule has 0 aliphatic heterocycles. The second kappa shape index (κ2) is 6.86. The zero-order valence-electron chi connectivity index (χ0n) is 11.8. The van der Waals surface area contributed by atoms with Gasteiger partial charge in [0.2, 0.25) is 0 Å². The van der Waals surface area contributed by atoms with Crippen LogP contribution in [-0.4, -0.2) is 23.1 Å². The standard InChI is InChI=1S/C15H20N4O/c1-11(8-12-6-4-3-5-7-12)17-14-9-13(16)18-15(19-14)10-20-2/h3-7,9,11H,8,10H2,1-2H3,(H3,16,17,18,19). The van der Waals surface area contributed by atoms with Crippen molar-refractivity contribution in [2.75, 3.05) is 18.2 Å². The molecule has 0 fully saturated rings. The Morgan fingerprint density at radius 2 is 2.00 bits per heavy atom. The average molecular weight is 272 g/mol. The largest absolute Gasteiger partial charge is 0.384 e. The van der Waals surface area contributed by atoms with Gasteiger partial charge in [-0.05, 0) is 18.9 Å². The molecule has 20 heavy (non-hydrogen) atoms. The molecule has 5 heteroatoms. The molecule has 0 radical (unpaired) electrons. The number of nitrogen functional groups attached to an aromatic ring is 1. The highest BCUT2D eigenvalue weighted by Crippen LogP contribution is 2.12. The Labute approximate surface area is 119 Å². The second-order valence-corrected chi connectivity index (χ2v) is 4.76. The van der Waals surface area contributed by atoms with E-state index in [1.54, 1.807) is 13.2 Å². The monoisotopic (exact) mass is 272 g/mol. The first-order valence-electron chi connectivity index (χ1n) is 6.60. The van der Waals surface area contributed by atoms with Crippen LogP contribution in [0.25, 0.3) is 0 Å². The molecule has 1 atom stereocenters. The summed E-state index contributed by atoms with van der Waals surface area (Å²) in [6.45, 7) is 2.47. The molecule has 106 valence electrons. The number of nitrogens with zero attached hydrogens (tertiary/aromatic N) is 2. The summed E-state index contributed by atoms with van der Waals surface area (Å²) in [6, 6.07) is 12.3. The molecule has 0 spiro atoms. The fourth-order valence-corrected chi connectivity index (χ4v) is 2.06. The second-order valence-electron chi connectivity index (χ2n) is 4.76. The van der Waals surface area contributed by atoms with Crippen LogP contribution in [-0.2, 0) is 17.8 Å². The maximum absolute atomic E-state index is 5.77. The third kappa shape index (κ3) is 4.20. The number of hydrogen-bond acceptors (Lipinski definition) is 5. The van der Waals surface area contributed by atoms with Gasteiger partial charge < -0.3 is 15.8 Å². The van der Waals surface area contributed by atoms with Crippen molar-refractivity contribution < 1.29 is 4.74 Å². The average Bonchev–Trinajstić information content (AvgIpc) is 2.39. The Hall–Kier alpha value is -2.14. The van der Waals surface area contributed by atoms with Gasteiger partial charge in [0.25, 0.3) is 0 Å². The highest BCUT2D eigenvalue weighted by molar-refractivity contribution is 5.45. The molecule has 1 unspecified atom stereocenters. The lowest BCUT2D eigenvalue weighted by Crippen LogP contribution is -2.19. The van der Waals surface area contributed by atoms with Crippen LogP contribution in [0, 0.1) is 0 Å². The number of anilines is 2. The molecule has 0 amide bonds. The Morgan fingerprint density at radius 1 is 1.25 bits per heavy atom. The van der Waals surface area contributed by atoms with E-state index < -0.39 is 0 Å². The Bertz CT molecular complexity index is 545. The number of rotatable bonds is 6. The predicted molar refractivity (Wildman–Crippen MR) is 80.4 cm³/mol. The lowest BCUT2D eigenvalue weighted by atomic mass is 10.1. The van der Waals surface area contributed by atoms with Crippen molar-refractivity contribution in [1.29, 1.82) is 0 Å².